The van der Waals surface area contributed by atoms with Crippen molar-refractivity contribution in [3.63, 3.8) is 0 Å². The van der Waals surface area contributed by atoms with E-state index in [4.69, 9.17) is 14.5 Å². The van der Waals surface area contributed by atoms with Crippen molar-refractivity contribution in [3.8, 4) is 22.8 Å². The van der Waals surface area contributed by atoms with Crippen LogP contribution in [0.2, 0.25) is 0 Å². The van der Waals surface area contributed by atoms with Gasteiger partial charge in [0.1, 0.15) is 5.75 Å². The number of pyridine rings is 1. The van der Waals surface area contributed by atoms with Gasteiger partial charge in [-0.25, -0.2) is 4.98 Å². The number of aromatic nitrogens is 1. The molecule has 1 aliphatic carbocycles. The van der Waals surface area contributed by atoms with Gasteiger partial charge in [0, 0.05) is 11.6 Å². The smallest absolute Gasteiger partial charge is 0.213 e. The molecule has 2 aromatic rings. The average Bonchev–Trinajstić information content (AvgIpc) is 2.70. The quantitative estimate of drug-likeness (QED) is 0.432. The first kappa shape index (κ1) is 19.7. The molecule has 0 atom stereocenters. The minimum Gasteiger partial charge on any atom is -0.494 e. The lowest BCUT2D eigenvalue weighted by Crippen LogP contribution is -2.08. The predicted molar refractivity (Wildman–Crippen MR) is 112 cm³/mol. The number of fused-ring (bicyclic) bond motifs is 3. The summed E-state index contributed by atoms with van der Waals surface area (Å²) in [6, 6.07) is 10.7. The lowest BCUT2D eigenvalue weighted by Gasteiger charge is -2.20. The van der Waals surface area contributed by atoms with Crippen molar-refractivity contribution in [2.45, 2.75) is 71.6 Å². The average molecular weight is 368 g/mol. The van der Waals surface area contributed by atoms with Gasteiger partial charge in [0.25, 0.3) is 0 Å². The second kappa shape index (κ2) is 10.3. The van der Waals surface area contributed by atoms with Gasteiger partial charge in [-0.1, -0.05) is 52.0 Å². The van der Waals surface area contributed by atoms with Crippen molar-refractivity contribution in [1.29, 1.82) is 0 Å². The fourth-order valence-electron chi connectivity index (χ4n) is 3.63. The van der Waals surface area contributed by atoms with Crippen LogP contribution in [0.15, 0.2) is 30.3 Å². The number of benzene rings is 1. The molecule has 0 saturated heterocycles. The van der Waals surface area contributed by atoms with Crippen molar-refractivity contribution in [3.05, 3.63) is 41.6 Å². The van der Waals surface area contributed by atoms with Gasteiger partial charge in [0.2, 0.25) is 5.88 Å². The number of rotatable bonds is 11. The van der Waals surface area contributed by atoms with Gasteiger partial charge in [-0.15, -0.1) is 0 Å². The van der Waals surface area contributed by atoms with E-state index >= 15 is 0 Å². The molecular formula is C24H33NO2. The highest BCUT2D eigenvalue weighted by Crippen LogP contribution is 2.35. The van der Waals surface area contributed by atoms with Crippen LogP contribution in [-0.2, 0) is 12.8 Å². The van der Waals surface area contributed by atoms with Gasteiger partial charge in [0.15, 0.2) is 0 Å². The molecule has 3 heteroatoms. The molecule has 1 aliphatic rings. The maximum atomic E-state index is 5.92. The number of ether oxygens (including phenoxy) is 2. The van der Waals surface area contributed by atoms with Crippen LogP contribution in [0.4, 0.5) is 0 Å². The zero-order chi connectivity index (χ0) is 18.9. The van der Waals surface area contributed by atoms with Crippen molar-refractivity contribution in [1.82, 2.24) is 4.98 Å². The summed E-state index contributed by atoms with van der Waals surface area (Å²) in [7, 11) is 0. The van der Waals surface area contributed by atoms with Crippen LogP contribution in [-0.4, -0.2) is 18.2 Å². The molecule has 0 spiro atoms. The largest absolute Gasteiger partial charge is 0.494 e. The van der Waals surface area contributed by atoms with Gasteiger partial charge in [-0.2, -0.15) is 0 Å². The standard InChI is InChI=1S/C24H33NO2/c1-3-5-7-9-17-27-24-15-13-22-21-12-11-20(26-16-8-6-4-2)18-19(21)10-14-23(22)25-24/h11-13,15,18H,3-10,14,16-17H2,1-2H3. The molecule has 0 amide bonds. The molecule has 1 aromatic heterocycles. The van der Waals surface area contributed by atoms with E-state index in [9.17, 15) is 0 Å². The Morgan fingerprint density at radius 3 is 2.37 bits per heavy atom. The van der Waals surface area contributed by atoms with Crippen LogP contribution in [0.3, 0.4) is 0 Å². The summed E-state index contributed by atoms with van der Waals surface area (Å²) < 4.78 is 11.8. The summed E-state index contributed by atoms with van der Waals surface area (Å²) >= 11 is 0. The lowest BCUT2D eigenvalue weighted by molar-refractivity contribution is 0.293. The molecule has 0 bridgehead atoms. The Kier molecular flexibility index (Phi) is 7.55. The minimum absolute atomic E-state index is 0.765. The molecule has 3 nitrogen and oxygen atoms in total. The number of aryl methyl sites for hydroxylation is 2. The summed E-state index contributed by atoms with van der Waals surface area (Å²) in [6.45, 7) is 6.02. The SMILES string of the molecule is CCCCCCOc1ccc2c(n1)CCc1cc(OCCCCC)ccc1-2. The first-order valence-electron chi connectivity index (χ1n) is 10.7. The van der Waals surface area contributed by atoms with Crippen molar-refractivity contribution in [2.24, 2.45) is 0 Å². The normalized spacial score (nSPS) is 12.4. The zero-order valence-electron chi connectivity index (χ0n) is 16.9. The fourth-order valence-corrected chi connectivity index (χ4v) is 3.63. The van der Waals surface area contributed by atoms with Crippen LogP contribution in [0.5, 0.6) is 11.6 Å². The van der Waals surface area contributed by atoms with Gasteiger partial charge >= 0.3 is 0 Å². The third-order valence-corrected chi connectivity index (χ3v) is 5.21. The zero-order valence-corrected chi connectivity index (χ0v) is 16.9. The number of hydrogen-bond acceptors (Lipinski definition) is 3. The summed E-state index contributed by atoms with van der Waals surface area (Å²) in [5.41, 5.74) is 5.06. The lowest BCUT2D eigenvalue weighted by atomic mass is 9.88. The van der Waals surface area contributed by atoms with Crippen molar-refractivity contribution in [2.75, 3.05) is 13.2 Å². The Balaban J connectivity index is 1.62. The Bertz CT molecular complexity index is 726. The molecule has 0 unspecified atom stereocenters. The fraction of sp³-hybridized carbons (Fsp3) is 0.542. The first-order chi connectivity index (χ1) is 13.3. The van der Waals surface area contributed by atoms with Crippen LogP contribution in [0.25, 0.3) is 11.1 Å². The van der Waals surface area contributed by atoms with Gasteiger partial charge in [0.05, 0.1) is 18.9 Å². The Morgan fingerprint density at radius 1 is 0.778 bits per heavy atom. The Hall–Kier alpha value is -2.03. The van der Waals surface area contributed by atoms with E-state index in [2.05, 4.69) is 38.1 Å². The van der Waals surface area contributed by atoms with Crippen LogP contribution >= 0.6 is 0 Å². The highest BCUT2D eigenvalue weighted by atomic mass is 16.5. The second-order valence-corrected chi connectivity index (χ2v) is 7.43. The molecular weight excluding hydrogens is 334 g/mol. The molecule has 27 heavy (non-hydrogen) atoms. The molecule has 0 radical (unpaired) electrons. The highest BCUT2D eigenvalue weighted by molar-refractivity contribution is 5.73. The molecule has 0 fully saturated rings. The first-order valence-corrected chi connectivity index (χ1v) is 10.7. The summed E-state index contributed by atoms with van der Waals surface area (Å²) in [5.74, 6) is 1.76. The van der Waals surface area contributed by atoms with Crippen LogP contribution in [0.1, 0.15) is 70.1 Å². The third kappa shape index (κ3) is 5.47. The molecule has 1 heterocycles. The van der Waals surface area contributed by atoms with Crippen molar-refractivity contribution >= 4 is 0 Å². The highest BCUT2D eigenvalue weighted by Gasteiger charge is 2.18. The van der Waals surface area contributed by atoms with Gasteiger partial charge in [-0.05, 0) is 55.0 Å². The maximum absolute atomic E-state index is 5.92. The van der Waals surface area contributed by atoms with E-state index < -0.39 is 0 Å². The minimum atomic E-state index is 0.765. The van der Waals surface area contributed by atoms with Crippen molar-refractivity contribution < 1.29 is 9.47 Å². The van der Waals surface area contributed by atoms with E-state index in [1.54, 1.807) is 0 Å². The van der Waals surface area contributed by atoms with E-state index in [-0.39, 0.29) is 0 Å². The number of hydrogen-bond donors (Lipinski definition) is 0. The third-order valence-electron chi connectivity index (χ3n) is 5.21. The van der Waals surface area contributed by atoms with Gasteiger partial charge < -0.3 is 9.47 Å². The number of unbranched alkanes of at least 4 members (excludes halogenated alkanes) is 5. The monoisotopic (exact) mass is 367 g/mol. The van der Waals surface area contributed by atoms with E-state index in [0.717, 1.165) is 56.2 Å². The van der Waals surface area contributed by atoms with Crippen LogP contribution in [0, 0.1) is 0 Å². The molecule has 0 aliphatic heterocycles. The summed E-state index contributed by atoms with van der Waals surface area (Å²) in [4.78, 5) is 4.77. The predicted octanol–water partition coefficient (Wildman–Crippen LogP) is 6.38. The van der Waals surface area contributed by atoms with E-state index in [0.29, 0.717) is 0 Å². The Morgan fingerprint density at radius 2 is 1.52 bits per heavy atom. The molecule has 3 rings (SSSR count). The molecule has 0 saturated carbocycles. The second-order valence-electron chi connectivity index (χ2n) is 7.43. The number of nitrogens with zero attached hydrogens (tertiary/aromatic N) is 1. The summed E-state index contributed by atoms with van der Waals surface area (Å²) in [5, 5.41) is 0. The van der Waals surface area contributed by atoms with E-state index in [1.807, 2.05) is 6.07 Å². The summed E-state index contributed by atoms with van der Waals surface area (Å²) in [6.07, 6.45) is 10.4. The Labute approximate surface area is 164 Å². The molecule has 0 N–H and O–H groups in total. The maximum Gasteiger partial charge on any atom is 0.213 e. The molecule has 1 aromatic carbocycles. The van der Waals surface area contributed by atoms with Gasteiger partial charge in [-0.3, -0.25) is 0 Å². The van der Waals surface area contributed by atoms with Crippen LogP contribution < -0.4 is 9.47 Å². The molecule has 146 valence electrons. The topological polar surface area (TPSA) is 31.4 Å². The van der Waals surface area contributed by atoms with E-state index in [1.165, 1.54) is 48.8 Å².